The number of amides is 2. The second kappa shape index (κ2) is 10.7. The number of anilines is 1. The fraction of sp³-hybridized carbons (Fsp3) is 0.261. The van der Waals surface area contributed by atoms with Gasteiger partial charge >= 0.3 is 6.18 Å². The minimum absolute atomic E-state index is 0.0639. The van der Waals surface area contributed by atoms with Crippen LogP contribution in [-0.2, 0) is 11.0 Å². The molecule has 1 aromatic heterocycles. The number of rotatable bonds is 9. The van der Waals surface area contributed by atoms with E-state index in [-0.39, 0.29) is 36.7 Å². The standard InChI is InChI=1S/C23H23F3N4O3/c1-2-33-20-8-4-3-7-17(20)22(32)27-12-5-9-21(31)29-19-11-10-16(30-14-6-13-28-30)15-18(19)23(24,25)26/h3-4,6-8,10-11,13-15H,2,5,9,12H2,1H3,(H,27,32)(H,29,31). The van der Waals surface area contributed by atoms with Gasteiger partial charge in [-0.15, -0.1) is 0 Å². The molecule has 0 aliphatic rings. The van der Waals surface area contributed by atoms with Crippen molar-refractivity contribution >= 4 is 17.5 Å². The molecule has 1 heterocycles. The first-order chi connectivity index (χ1) is 15.8. The van der Waals surface area contributed by atoms with E-state index in [1.165, 1.54) is 29.2 Å². The highest BCUT2D eigenvalue weighted by molar-refractivity contribution is 5.97. The summed E-state index contributed by atoms with van der Waals surface area (Å²) < 4.78 is 47.3. The molecule has 0 atom stereocenters. The van der Waals surface area contributed by atoms with Crippen molar-refractivity contribution in [1.82, 2.24) is 15.1 Å². The second-order valence-electron chi connectivity index (χ2n) is 7.02. The van der Waals surface area contributed by atoms with Crippen LogP contribution in [0, 0.1) is 0 Å². The Morgan fingerprint density at radius 2 is 1.91 bits per heavy atom. The topological polar surface area (TPSA) is 85.2 Å². The predicted molar refractivity (Wildman–Crippen MR) is 116 cm³/mol. The van der Waals surface area contributed by atoms with Gasteiger partial charge in [0, 0.05) is 25.4 Å². The first kappa shape index (κ1) is 23.8. The van der Waals surface area contributed by atoms with Crippen LogP contribution in [0.2, 0.25) is 0 Å². The number of para-hydroxylation sites is 1. The van der Waals surface area contributed by atoms with Crippen molar-refractivity contribution in [2.24, 2.45) is 0 Å². The molecule has 0 aliphatic heterocycles. The normalized spacial score (nSPS) is 11.2. The van der Waals surface area contributed by atoms with Gasteiger partial charge in [-0.3, -0.25) is 9.59 Å². The van der Waals surface area contributed by atoms with E-state index in [1.807, 2.05) is 6.92 Å². The third-order valence-corrected chi connectivity index (χ3v) is 4.65. The van der Waals surface area contributed by atoms with Crippen molar-refractivity contribution in [2.75, 3.05) is 18.5 Å². The highest BCUT2D eigenvalue weighted by Gasteiger charge is 2.34. The van der Waals surface area contributed by atoms with Crippen LogP contribution in [0.3, 0.4) is 0 Å². The van der Waals surface area contributed by atoms with Crippen molar-refractivity contribution < 1.29 is 27.5 Å². The summed E-state index contributed by atoms with van der Waals surface area (Å²) in [4.78, 5) is 24.6. The number of nitrogens with one attached hydrogen (secondary N) is 2. The van der Waals surface area contributed by atoms with Gasteiger partial charge in [-0.05, 0) is 49.7 Å². The third kappa shape index (κ3) is 6.34. The Bertz CT molecular complexity index is 1100. The third-order valence-electron chi connectivity index (χ3n) is 4.65. The summed E-state index contributed by atoms with van der Waals surface area (Å²) in [7, 11) is 0. The van der Waals surface area contributed by atoms with Gasteiger partial charge in [0.25, 0.3) is 5.91 Å². The summed E-state index contributed by atoms with van der Waals surface area (Å²) >= 11 is 0. The van der Waals surface area contributed by atoms with Crippen LogP contribution in [0.1, 0.15) is 35.7 Å². The fourth-order valence-corrected chi connectivity index (χ4v) is 3.13. The number of carbonyl (C=O) groups is 2. The maximum absolute atomic E-state index is 13.5. The van der Waals surface area contributed by atoms with Crippen molar-refractivity contribution in [3.63, 3.8) is 0 Å². The van der Waals surface area contributed by atoms with Crippen LogP contribution in [0.5, 0.6) is 5.75 Å². The average molecular weight is 460 g/mol. The minimum Gasteiger partial charge on any atom is -0.493 e. The molecule has 0 aliphatic carbocycles. The van der Waals surface area contributed by atoms with Gasteiger partial charge in [-0.25, -0.2) is 4.68 Å². The summed E-state index contributed by atoms with van der Waals surface area (Å²) in [6, 6.07) is 11.9. The lowest BCUT2D eigenvalue weighted by Gasteiger charge is -2.15. The average Bonchev–Trinajstić information content (AvgIpc) is 3.32. The van der Waals surface area contributed by atoms with Gasteiger partial charge in [-0.2, -0.15) is 18.3 Å². The van der Waals surface area contributed by atoms with Crippen LogP contribution in [0.15, 0.2) is 60.9 Å². The first-order valence-electron chi connectivity index (χ1n) is 10.3. The van der Waals surface area contributed by atoms with Crippen LogP contribution in [-0.4, -0.2) is 34.7 Å². The molecule has 0 saturated carbocycles. The van der Waals surface area contributed by atoms with Gasteiger partial charge < -0.3 is 15.4 Å². The van der Waals surface area contributed by atoms with E-state index in [9.17, 15) is 22.8 Å². The van der Waals surface area contributed by atoms with Crippen molar-refractivity contribution in [3.8, 4) is 11.4 Å². The quantitative estimate of drug-likeness (QED) is 0.463. The maximum atomic E-state index is 13.5. The Morgan fingerprint density at radius 1 is 1.12 bits per heavy atom. The fourth-order valence-electron chi connectivity index (χ4n) is 3.13. The largest absolute Gasteiger partial charge is 0.493 e. The summed E-state index contributed by atoms with van der Waals surface area (Å²) in [6.07, 6.45) is -1.49. The van der Waals surface area contributed by atoms with E-state index < -0.39 is 17.6 Å². The van der Waals surface area contributed by atoms with Crippen molar-refractivity contribution in [2.45, 2.75) is 25.9 Å². The molecule has 2 N–H and O–H groups in total. The molecule has 2 aromatic carbocycles. The number of nitrogens with zero attached hydrogens (tertiary/aromatic N) is 2. The molecule has 7 nitrogen and oxygen atoms in total. The highest BCUT2D eigenvalue weighted by Crippen LogP contribution is 2.36. The lowest BCUT2D eigenvalue weighted by Crippen LogP contribution is -2.26. The monoisotopic (exact) mass is 460 g/mol. The van der Waals surface area contributed by atoms with Crippen LogP contribution in [0.25, 0.3) is 5.69 Å². The molecule has 174 valence electrons. The molecule has 3 aromatic rings. The zero-order chi connectivity index (χ0) is 23.8. The summed E-state index contributed by atoms with van der Waals surface area (Å²) in [6.45, 7) is 2.40. The molecule has 10 heteroatoms. The molecule has 0 saturated heterocycles. The Kier molecular flexibility index (Phi) is 7.70. The molecule has 0 unspecified atom stereocenters. The number of hydrogen-bond acceptors (Lipinski definition) is 4. The van der Waals surface area contributed by atoms with Gasteiger partial charge in [-0.1, -0.05) is 12.1 Å². The molecule has 0 spiro atoms. The zero-order valence-electron chi connectivity index (χ0n) is 17.9. The van der Waals surface area contributed by atoms with Crippen LogP contribution < -0.4 is 15.4 Å². The van der Waals surface area contributed by atoms with Gasteiger partial charge in [0.15, 0.2) is 0 Å². The second-order valence-corrected chi connectivity index (χ2v) is 7.02. The number of alkyl halides is 3. The molecular formula is C23H23F3N4O3. The Labute approximate surface area is 188 Å². The first-order valence-corrected chi connectivity index (χ1v) is 10.3. The Balaban J connectivity index is 1.56. The predicted octanol–water partition coefficient (Wildman–Crippen LogP) is 4.44. The van der Waals surface area contributed by atoms with Crippen LogP contribution >= 0.6 is 0 Å². The summed E-state index contributed by atoms with van der Waals surface area (Å²) in [5, 5.41) is 8.92. The Hall–Kier alpha value is -3.82. The number of benzene rings is 2. The van der Waals surface area contributed by atoms with Gasteiger partial charge in [0.05, 0.1) is 29.1 Å². The van der Waals surface area contributed by atoms with Crippen molar-refractivity contribution in [1.29, 1.82) is 0 Å². The van der Waals surface area contributed by atoms with E-state index in [4.69, 9.17) is 4.74 Å². The maximum Gasteiger partial charge on any atom is 0.418 e. The molecule has 0 radical (unpaired) electrons. The van der Waals surface area contributed by atoms with E-state index in [2.05, 4.69) is 15.7 Å². The minimum atomic E-state index is -4.66. The van der Waals surface area contributed by atoms with Gasteiger partial charge in [0.1, 0.15) is 5.75 Å². The molecular weight excluding hydrogens is 437 g/mol. The van der Waals surface area contributed by atoms with Crippen LogP contribution in [0.4, 0.5) is 18.9 Å². The zero-order valence-corrected chi connectivity index (χ0v) is 17.9. The highest BCUT2D eigenvalue weighted by atomic mass is 19.4. The lowest BCUT2D eigenvalue weighted by atomic mass is 10.1. The van der Waals surface area contributed by atoms with E-state index in [0.29, 0.717) is 17.9 Å². The summed E-state index contributed by atoms with van der Waals surface area (Å²) in [5.41, 5.74) is -0.709. The smallest absolute Gasteiger partial charge is 0.418 e. The number of hydrogen-bond donors (Lipinski definition) is 2. The van der Waals surface area contributed by atoms with E-state index in [1.54, 1.807) is 30.3 Å². The Morgan fingerprint density at radius 3 is 2.61 bits per heavy atom. The van der Waals surface area contributed by atoms with E-state index >= 15 is 0 Å². The number of halogens is 3. The van der Waals surface area contributed by atoms with Crippen molar-refractivity contribution in [3.05, 3.63) is 72.1 Å². The van der Waals surface area contributed by atoms with E-state index in [0.717, 1.165) is 6.07 Å². The SMILES string of the molecule is CCOc1ccccc1C(=O)NCCCC(=O)Nc1ccc(-n2cccn2)cc1C(F)(F)F. The number of ether oxygens (including phenoxy) is 1. The molecule has 0 fully saturated rings. The van der Waals surface area contributed by atoms with Gasteiger partial charge in [0.2, 0.25) is 5.91 Å². The molecule has 2 amide bonds. The molecule has 33 heavy (non-hydrogen) atoms. The lowest BCUT2D eigenvalue weighted by molar-refractivity contribution is -0.137. The molecule has 3 rings (SSSR count). The number of carbonyl (C=O) groups excluding carboxylic acids is 2. The number of aromatic nitrogens is 2. The molecule has 0 bridgehead atoms. The summed E-state index contributed by atoms with van der Waals surface area (Å²) in [5.74, 6) is -0.488.